The molecule has 1 amide bonds. The predicted molar refractivity (Wildman–Crippen MR) is 83.6 cm³/mol. The van der Waals surface area contributed by atoms with Crippen molar-refractivity contribution < 1.29 is 14.6 Å². The van der Waals surface area contributed by atoms with Crippen molar-refractivity contribution in [1.29, 1.82) is 0 Å². The lowest BCUT2D eigenvalue weighted by atomic mass is 10.1. The lowest BCUT2D eigenvalue weighted by Gasteiger charge is -2.28. The second-order valence-corrected chi connectivity index (χ2v) is 5.08. The summed E-state index contributed by atoms with van der Waals surface area (Å²) in [4.78, 5) is 15.9. The Balaban J connectivity index is 2.78. The van der Waals surface area contributed by atoms with E-state index < -0.39 is 0 Å². The molecule has 0 aromatic heterocycles. The maximum Gasteiger partial charge on any atom is 0.236 e. The first-order valence-corrected chi connectivity index (χ1v) is 7.29. The first-order chi connectivity index (χ1) is 9.94. The first kappa shape index (κ1) is 17.3. The minimum absolute atomic E-state index is 0.0598. The molecule has 1 atom stereocenters. The van der Waals surface area contributed by atoms with Gasteiger partial charge in [0.05, 0.1) is 13.7 Å². The van der Waals surface area contributed by atoms with Crippen LogP contribution in [0.15, 0.2) is 18.2 Å². The quantitative estimate of drug-likeness (QED) is 0.838. The number of rotatable bonds is 7. The minimum atomic E-state index is -0.0598. The van der Waals surface area contributed by atoms with Gasteiger partial charge in [-0.3, -0.25) is 9.69 Å². The molecule has 0 radical (unpaired) electrons. The molecule has 0 bridgehead atoms. The third kappa shape index (κ3) is 4.36. The molecule has 5 heteroatoms. The van der Waals surface area contributed by atoms with Crippen molar-refractivity contribution in [3.8, 4) is 11.5 Å². The van der Waals surface area contributed by atoms with Gasteiger partial charge in [-0.1, -0.05) is 6.07 Å². The van der Waals surface area contributed by atoms with Crippen molar-refractivity contribution in [1.82, 2.24) is 9.80 Å². The average molecular weight is 294 g/mol. The van der Waals surface area contributed by atoms with Crippen LogP contribution in [0.4, 0.5) is 0 Å². The van der Waals surface area contributed by atoms with Gasteiger partial charge in [-0.05, 0) is 33.9 Å². The van der Waals surface area contributed by atoms with Gasteiger partial charge < -0.3 is 14.7 Å². The van der Waals surface area contributed by atoms with Crippen LogP contribution in [-0.2, 0) is 4.79 Å². The van der Waals surface area contributed by atoms with E-state index in [0.29, 0.717) is 25.4 Å². The second-order valence-electron chi connectivity index (χ2n) is 5.08. The summed E-state index contributed by atoms with van der Waals surface area (Å²) in [7, 11) is 3.45. The summed E-state index contributed by atoms with van der Waals surface area (Å²) in [5, 5.41) is 10.1. The first-order valence-electron chi connectivity index (χ1n) is 7.29. The Bertz CT molecular complexity index is 473. The number of amides is 1. The van der Waals surface area contributed by atoms with Gasteiger partial charge in [0, 0.05) is 30.8 Å². The molecule has 1 N–H and O–H groups in total. The smallest absolute Gasteiger partial charge is 0.236 e. The molecular formula is C16H26N2O3. The molecule has 0 saturated carbocycles. The van der Waals surface area contributed by atoms with Gasteiger partial charge in [-0.15, -0.1) is 0 Å². The lowest BCUT2D eigenvalue weighted by molar-refractivity contribution is -0.132. The Morgan fingerprint density at radius 1 is 1.33 bits per heavy atom. The van der Waals surface area contributed by atoms with Gasteiger partial charge in [-0.25, -0.2) is 0 Å². The van der Waals surface area contributed by atoms with Crippen LogP contribution in [-0.4, -0.2) is 54.6 Å². The zero-order chi connectivity index (χ0) is 16.0. The summed E-state index contributed by atoms with van der Waals surface area (Å²) in [5.41, 5.74) is 0.783. The normalized spacial score (nSPS) is 12.3. The molecule has 21 heavy (non-hydrogen) atoms. The number of carbonyl (C=O) groups excluding carboxylic acids is 1. The average Bonchev–Trinajstić information content (AvgIpc) is 2.47. The van der Waals surface area contributed by atoms with Gasteiger partial charge in [-0.2, -0.15) is 0 Å². The Morgan fingerprint density at radius 2 is 1.95 bits per heavy atom. The molecule has 1 aromatic carbocycles. The maximum atomic E-state index is 12.1. The van der Waals surface area contributed by atoms with Crippen LogP contribution in [0.25, 0.3) is 0 Å². The molecule has 0 heterocycles. The van der Waals surface area contributed by atoms with E-state index in [9.17, 15) is 9.90 Å². The van der Waals surface area contributed by atoms with Crippen LogP contribution in [0.2, 0.25) is 0 Å². The van der Waals surface area contributed by atoms with Crippen molar-refractivity contribution in [3.05, 3.63) is 23.8 Å². The van der Waals surface area contributed by atoms with Gasteiger partial charge in [0.25, 0.3) is 0 Å². The van der Waals surface area contributed by atoms with Gasteiger partial charge in [0.2, 0.25) is 5.91 Å². The Morgan fingerprint density at radius 3 is 2.43 bits per heavy atom. The Labute approximate surface area is 127 Å². The number of aromatic hydroxyl groups is 1. The van der Waals surface area contributed by atoms with Crippen LogP contribution in [0, 0.1) is 0 Å². The number of nitrogens with zero attached hydrogens (tertiary/aromatic N) is 2. The van der Waals surface area contributed by atoms with Crippen LogP contribution in [0.3, 0.4) is 0 Å². The molecule has 0 aliphatic carbocycles. The number of hydrogen-bond acceptors (Lipinski definition) is 4. The molecule has 0 spiro atoms. The zero-order valence-electron chi connectivity index (χ0n) is 13.6. The highest BCUT2D eigenvalue weighted by molar-refractivity contribution is 5.78. The summed E-state index contributed by atoms with van der Waals surface area (Å²) in [6.07, 6.45) is 0. The fraction of sp³-hybridized carbons (Fsp3) is 0.562. The summed E-state index contributed by atoms with van der Waals surface area (Å²) in [6.45, 7) is 7.67. The van der Waals surface area contributed by atoms with E-state index in [4.69, 9.17) is 4.74 Å². The largest absolute Gasteiger partial charge is 0.507 e. The van der Waals surface area contributed by atoms with Gasteiger partial charge in [0.15, 0.2) is 0 Å². The molecule has 118 valence electrons. The second kappa shape index (κ2) is 7.88. The number of benzene rings is 1. The third-order valence-electron chi connectivity index (χ3n) is 3.85. The number of hydrogen-bond donors (Lipinski definition) is 1. The monoisotopic (exact) mass is 294 g/mol. The molecule has 0 fully saturated rings. The van der Waals surface area contributed by atoms with E-state index in [1.165, 1.54) is 0 Å². The maximum absolute atomic E-state index is 12.1. The topological polar surface area (TPSA) is 53.0 Å². The van der Waals surface area contributed by atoms with E-state index in [0.717, 1.165) is 5.56 Å². The Hall–Kier alpha value is -1.75. The highest BCUT2D eigenvalue weighted by Gasteiger charge is 2.20. The van der Waals surface area contributed by atoms with E-state index >= 15 is 0 Å². The van der Waals surface area contributed by atoms with Gasteiger partial charge >= 0.3 is 0 Å². The molecule has 1 unspecified atom stereocenters. The van der Waals surface area contributed by atoms with Crippen LogP contribution < -0.4 is 4.74 Å². The van der Waals surface area contributed by atoms with Crippen molar-refractivity contribution in [2.75, 3.05) is 33.8 Å². The van der Waals surface area contributed by atoms with Crippen LogP contribution in [0.5, 0.6) is 11.5 Å². The Kier molecular flexibility index (Phi) is 6.49. The molecule has 1 rings (SSSR count). The van der Waals surface area contributed by atoms with Crippen molar-refractivity contribution in [2.45, 2.75) is 26.8 Å². The number of phenols is 1. The van der Waals surface area contributed by atoms with Crippen molar-refractivity contribution >= 4 is 5.91 Å². The highest BCUT2D eigenvalue weighted by atomic mass is 16.5. The molecular weight excluding hydrogens is 268 g/mol. The van der Waals surface area contributed by atoms with Crippen molar-refractivity contribution in [2.24, 2.45) is 0 Å². The molecule has 1 aromatic rings. The van der Waals surface area contributed by atoms with E-state index in [1.54, 1.807) is 18.1 Å². The van der Waals surface area contributed by atoms with E-state index in [-0.39, 0.29) is 17.7 Å². The number of phenolic OH excluding ortho intramolecular Hbond substituents is 1. The summed E-state index contributed by atoms with van der Waals surface area (Å²) >= 11 is 0. The number of ether oxygens (including phenoxy) is 1. The lowest BCUT2D eigenvalue weighted by Crippen LogP contribution is -2.39. The minimum Gasteiger partial charge on any atom is -0.507 e. The summed E-state index contributed by atoms with van der Waals surface area (Å²) < 4.78 is 5.08. The number of carbonyl (C=O) groups is 1. The van der Waals surface area contributed by atoms with E-state index in [2.05, 4.69) is 0 Å². The fourth-order valence-electron chi connectivity index (χ4n) is 2.27. The number of likely N-dealkylation sites (N-methyl/N-ethyl adjacent to an activating group) is 2. The predicted octanol–water partition coefficient (Wildman–Crippen LogP) is 2.26. The highest BCUT2D eigenvalue weighted by Crippen LogP contribution is 2.30. The van der Waals surface area contributed by atoms with Crippen LogP contribution in [0.1, 0.15) is 32.4 Å². The van der Waals surface area contributed by atoms with Gasteiger partial charge in [0.1, 0.15) is 11.5 Å². The molecule has 5 nitrogen and oxygen atoms in total. The third-order valence-corrected chi connectivity index (χ3v) is 3.85. The number of methoxy groups -OCH3 is 1. The SMILES string of the molecule is CCN(CC)C(=O)CN(C)C(C)c1ccc(OC)cc1O. The molecule has 0 saturated heterocycles. The van der Waals surface area contributed by atoms with Crippen LogP contribution >= 0.6 is 0 Å². The fourth-order valence-corrected chi connectivity index (χ4v) is 2.27. The standard InChI is InChI=1S/C16H26N2O3/c1-6-18(7-2)16(20)11-17(4)12(3)14-9-8-13(21-5)10-15(14)19/h8-10,12,19H,6-7,11H2,1-5H3. The van der Waals surface area contributed by atoms with Crippen molar-refractivity contribution in [3.63, 3.8) is 0 Å². The summed E-state index contributed by atoms with van der Waals surface area (Å²) in [5.74, 6) is 0.900. The zero-order valence-corrected chi connectivity index (χ0v) is 13.6. The molecule has 0 aliphatic heterocycles. The van der Waals surface area contributed by atoms with E-state index in [1.807, 2.05) is 44.9 Å². The molecule has 0 aliphatic rings. The summed E-state index contributed by atoms with van der Waals surface area (Å²) in [6, 6.07) is 5.17.